The summed E-state index contributed by atoms with van der Waals surface area (Å²) in [5, 5.41) is 4.49. The topological polar surface area (TPSA) is 76.9 Å². The normalized spacial score (nSPS) is 12.2. The van der Waals surface area contributed by atoms with E-state index < -0.39 is 0 Å². The number of amides is 1. The highest BCUT2D eigenvalue weighted by molar-refractivity contribution is 7.99. The number of carbonyl (C=O) groups is 1. The number of halogens is 2. The van der Waals surface area contributed by atoms with Crippen molar-refractivity contribution < 1.29 is 4.79 Å². The van der Waals surface area contributed by atoms with Crippen molar-refractivity contribution in [1.29, 1.82) is 0 Å². The third-order valence-electron chi connectivity index (χ3n) is 4.60. The number of nitrogens with one attached hydrogen (secondary N) is 1. The average molecular weight is 451 g/mol. The van der Waals surface area contributed by atoms with Crippen molar-refractivity contribution in [1.82, 2.24) is 14.5 Å². The Labute approximate surface area is 182 Å². The Balaban J connectivity index is 1.85. The van der Waals surface area contributed by atoms with Crippen LogP contribution in [-0.2, 0) is 4.79 Å². The first-order chi connectivity index (χ1) is 13.8. The van der Waals surface area contributed by atoms with Gasteiger partial charge < -0.3 is 5.32 Å². The molecule has 0 aliphatic carbocycles. The van der Waals surface area contributed by atoms with Gasteiger partial charge in [-0.15, -0.1) is 0 Å². The molecule has 3 aromatic rings. The molecule has 1 atom stereocenters. The molecule has 0 spiro atoms. The highest BCUT2D eigenvalue weighted by atomic mass is 35.5. The van der Waals surface area contributed by atoms with Gasteiger partial charge in [0.05, 0.1) is 26.7 Å². The molecule has 0 aliphatic heterocycles. The molecular formula is C20H20Cl2N4O2S. The van der Waals surface area contributed by atoms with E-state index in [2.05, 4.69) is 15.3 Å². The SMILES string of the molecule is CCC(C)n1c(SCC(=O)Nc2ncc(Cl)c(C)c2Cl)nc2ccccc2c1=O. The van der Waals surface area contributed by atoms with Gasteiger partial charge in [-0.1, -0.05) is 54.0 Å². The first-order valence-corrected chi connectivity index (χ1v) is 10.8. The van der Waals surface area contributed by atoms with Crippen LogP contribution in [0.5, 0.6) is 0 Å². The number of para-hydroxylation sites is 1. The predicted molar refractivity (Wildman–Crippen MR) is 119 cm³/mol. The second kappa shape index (κ2) is 9.15. The minimum atomic E-state index is -0.302. The number of aromatic nitrogens is 3. The number of pyridine rings is 1. The number of hydrogen-bond acceptors (Lipinski definition) is 5. The third kappa shape index (κ3) is 4.57. The van der Waals surface area contributed by atoms with Crippen LogP contribution >= 0.6 is 35.0 Å². The Morgan fingerprint density at radius 1 is 1.31 bits per heavy atom. The van der Waals surface area contributed by atoms with E-state index in [4.69, 9.17) is 23.2 Å². The number of anilines is 1. The number of fused-ring (bicyclic) bond motifs is 1. The summed E-state index contributed by atoms with van der Waals surface area (Å²) in [6.07, 6.45) is 2.21. The number of rotatable bonds is 6. The first-order valence-electron chi connectivity index (χ1n) is 9.08. The van der Waals surface area contributed by atoms with Gasteiger partial charge in [0.2, 0.25) is 5.91 Å². The zero-order valence-electron chi connectivity index (χ0n) is 16.2. The van der Waals surface area contributed by atoms with Crippen LogP contribution in [0.2, 0.25) is 10.0 Å². The maximum Gasteiger partial charge on any atom is 0.262 e. The Hall–Kier alpha value is -2.09. The number of nitrogens with zero attached hydrogens (tertiary/aromatic N) is 3. The number of hydrogen-bond donors (Lipinski definition) is 1. The van der Waals surface area contributed by atoms with Crippen LogP contribution in [0.15, 0.2) is 40.4 Å². The third-order valence-corrected chi connectivity index (χ3v) is 6.40. The lowest BCUT2D eigenvalue weighted by Gasteiger charge is -2.18. The van der Waals surface area contributed by atoms with Crippen LogP contribution in [0.4, 0.5) is 5.82 Å². The average Bonchev–Trinajstić information content (AvgIpc) is 2.72. The summed E-state index contributed by atoms with van der Waals surface area (Å²) in [7, 11) is 0. The van der Waals surface area contributed by atoms with Crippen molar-refractivity contribution in [2.75, 3.05) is 11.1 Å². The fourth-order valence-corrected chi connectivity index (χ4v) is 4.03. The lowest BCUT2D eigenvalue weighted by Crippen LogP contribution is -2.26. The second-order valence-electron chi connectivity index (χ2n) is 6.57. The smallest absolute Gasteiger partial charge is 0.262 e. The fraction of sp³-hybridized carbons (Fsp3) is 0.300. The summed E-state index contributed by atoms with van der Waals surface area (Å²) in [6, 6.07) is 7.17. The molecule has 2 aromatic heterocycles. The zero-order valence-corrected chi connectivity index (χ0v) is 18.5. The molecule has 29 heavy (non-hydrogen) atoms. The van der Waals surface area contributed by atoms with Gasteiger partial charge in [-0.3, -0.25) is 14.2 Å². The van der Waals surface area contributed by atoms with Crippen LogP contribution in [0, 0.1) is 6.92 Å². The van der Waals surface area contributed by atoms with E-state index in [1.54, 1.807) is 23.6 Å². The van der Waals surface area contributed by atoms with Gasteiger partial charge >= 0.3 is 0 Å². The molecule has 1 amide bonds. The van der Waals surface area contributed by atoms with Gasteiger partial charge in [-0.2, -0.15) is 0 Å². The second-order valence-corrected chi connectivity index (χ2v) is 8.30. The van der Waals surface area contributed by atoms with E-state index >= 15 is 0 Å². The van der Waals surface area contributed by atoms with Crippen LogP contribution in [-0.4, -0.2) is 26.2 Å². The summed E-state index contributed by atoms with van der Waals surface area (Å²) in [4.78, 5) is 34.1. The van der Waals surface area contributed by atoms with E-state index in [1.165, 1.54) is 18.0 Å². The summed E-state index contributed by atoms with van der Waals surface area (Å²) in [5.74, 6) is 0.00940. The van der Waals surface area contributed by atoms with Crippen molar-refractivity contribution >= 4 is 57.6 Å². The quantitative estimate of drug-likeness (QED) is 0.417. The molecule has 9 heteroatoms. The molecule has 0 fully saturated rings. The van der Waals surface area contributed by atoms with Gasteiger partial charge in [0.15, 0.2) is 11.0 Å². The molecule has 3 rings (SSSR count). The summed E-state index contributed by atoms with van der Waals surface area (Å²) >= 11 is 13.4. The molecular weight excluding hydrogens is 431 g/mol. The maximum atomic E-state index is 13.0. The molecule has 0 radical (unpaired) electrons. The molecule has 2 heterocycles. The van der Waals surface area contributed by atoms with Gasteiger partial charge in [-0.05, 0) is 38.0 Å². The Kier molecular flexibility index (Phi) is 6.82. The first kappa shape index (κ1) is 21.6. The lowest BCUT2D eigenvalue weighted by atomic mass is 10.2. The van der Waals surface area contributed by atoms with Crippen LogP contribution < -0.4 is 10.9 Å². The number of thioether (sulfide) groups is 1. The van der Waals surface area contributed by atoms with Crippen LogP contribution in [0.1, 0.15) is 31.9 Å². The van der Waals surface area contributed by atoms with E-state index in [-0.39, 0.29) is 29.1 Å². The van der Waals surface area contributed by atoms with Crippen LogP contribution in [0.25, 0.3) is 10.9 Å². The molecule has 0 saturated heterocycles. The number of carbonyl (C=O) groups excluding carboxylic acids is 1. The van der Waals surface area contributed by atoms with Gasteiger partial charge in [0.25, 0.3) is 5.56 Å². The van der Waals surface area contributed by atoms with Crippen LogP contribution in [0.3, 0.4) is 0 Å². The van der Waals surface area contributed by atoms with Gasteiger partial charge in [0, 0.05) is 12.2 Å². The molecule has 6 nitrogen and oxygen atoms in total. The maximum absolute atomic E-state index is 13.0. The van der Waals surface area contributed by atoms with Crippen molar-refractivity contribution in [3.63, 3.8) is 0 Å². The number of benzene rings is 1. The molecule has 1 unspecified atom stereocenters. The zero-order chi connectivity index (χ0) is 21.1. The summed E-state index contributed by atoms with van der Waals surface area (Å²) in [5.41, 5.74) is 1.15. The standard InChI is InChI=1S/C20H20Cl2N4O2S/c1-4-11(2)26-19(28)13-7-5-6-8-15(13)24-20(26)29-10-16(27)25-18-17(22)12(3)14(21)9-23-18/h5-9,11H,4,10H2,1-3H3,(H,23,25,27). The van der Waals surface area contributed by atoms with E-state index in [9.17, 15) is 9.59 Å². The molecule has 0 aliphatic rings. The molecule has 0 bridgehead atoms. The summed E-state index contributed by atoms with van der Waals surface area (Å²) < 4.78 is 1.65. The Bertz CT molecular complexity index is 1130. The van der Waals surface area contributed by atoms with Crippen molar-refractivity contribution in [2.45, 2.75) is 38.4 Å². The lowest BCUT2D eigenvalue weighted by molar-refractivity contribution is -0.113. The van der Waals surface area contributed by atoms with E-state index in [0.29, 0.717) is 31.7 Å². The fourth-order valence-electron chi connectivity index (χ4n) is 2.74. The predicted octanol–water partition coefficient (Wildman–Crippen LogP) is 5.11. The van der Waals surface area contributed by atoms with E-state index in [1.807, 2.05) is 26.0 Å². The van der Waals surface area contributed by atoms with Crippen molar-refractivity contribution in [3.8, 4) is 0 Å². The van der Waals surface area contributed by atoms with Gasteiger partial charge in [-0.25, -0.2) is 9.97 Å². The Morgan fingerprint density at radius 2 is 2.03 bits per heavy atom. The minimum absolute atomic E-state index is 0.0415. The van der Waals surface area contributed by atoms with Crippen molar-refractivity contribution in [3.05, 3.63) is 56.4 Å². The highest BCUT2D eigenvalue weighted by Crippen LogP contribution is 2.29. The van der Waals surface area contributed by atoms with E-state index in [0.717, 1.165) is 6.42 Å². The van der Waals surface area contributed by atoms with Crippen molar-refractivity contribution in [2.24, 2.45) is 0 Å². The molecule has 0 saturated carbocycles. The molecule has 1 aromatic carbocycles. The molecule has 152 valence electrons. The minimum Gasteiger partial charge on any atom is -0.309 e. The Morgan fingerprint density at radius 3 is 2.76 bits per heavy atom. The van der Waals surface area contributed by atoms with Gasteiger partial charge in [0.1, 0.15) is 0 Å². The molecule has 1 N–H and O–H groups in total. The largest absolute Gasteiger partial charge is 0.309 e. The summed E-state index contributed by atoms with van der Waals surface area (Å²) in [6.45, 7) is 5.72. The monoisotopic (exact) mass is 450 g/mol. The highest BCUT2D eigenvalue weighted by Gasteiger charge is 2.17.